The fourth-order valence-electron chi connectivity index (χ4n) is 3.34. The monoisotopic (exact) mass is 382 g/mol. The number of rotatable bonds is 4. The van der Waals surface area contributed by atoms with Crippen LogP contribution in [-0.2, 0) is 6.42 Å². The van der Waals surface area contributed by atoms with Crippen LogP contribution in [0.25, 0.3) is 22.6 Å². The molecular weight excluding hydrogens is 362 g/mol. The topological polar surface area (TPSA) is 46.3 Å². The van der Waals surface area contributed by atoms with Gasteiger partial charge in [-0.15, -0.1) is 0 Å². The van der Waals surface area contributed by atoms with Crippen LogP contribution in [0.3, 0.4) is 0 Å². The molecule has 0 saturated carbocycles. The largest absolute Gasteiger partial charge is 0.461 e. The Hall–Kier alpha value is -3.02. The zero-order chi connectivity index (χ0) is 19.9. The maximum atomic E-state index is 12.9. The molecule has 3 heterocycles. The molecular formula is C22H20F2N2O2. The normalized spacial score (nSPS) is 15.4. The zero-order valence-electron chi connectivity index (χ0n) is 15.7. The number of carbonyl (C=O) groups excluding carboxylic acids is 1. The van der Waals surface area contributed by atoms with Crippen molar-refractivity contribution in [1.82, 2.24) is 9.88 Å². The molecule has 0 radical (unpaired) electrons. The zero-order valence-corrected chi connectivity index (χ0v) is 15.7. The van der Waals surface area contributed by atoms with Crippen LogP contribution in [0.5, 0.6) is 0 Å². The first-order valence-electron chi connectivity index (χ1n) is 9.19. The molecule has 6 heteroatoms. The molecule has 2 aromatic heterocycles. The number of alkyl halides is 2. The molecule has 1 aromatic carbocycles. The molecule has 0 aliphatic carbocycles. The number of benzene rings is 1. The Labute approximate surface area is 161 Å². The summed E-state index contributed by atoms with van der Waals surface area (Å²) in [6.45, 7) is 3.00. The van der Waals surface area contributed by atoms with Gasteiger partial charge in [0.25, 0.3) is 11.8 Å². The lowest BCUT2D eigenvalue weighted by molar-refractivity contribution is -0.113. The van der Waals surface area contributed by atoms with E-state index < -0.39 is 24.9 Å². The van der Waals surface area contributed by atoms with Gasteiger partial charge in [-0.3, -0.25) is 9.78 Å². The molecule has 4 rings (SSSR count). The third kappa shape index (κ3) is 3.42. The van der Waals surface area contributed by atoms with Crippen molar-refractivity contribution in [3.05, 3.63) is 65.5 Å². The standard InChI is InChI=1S/C22H20F2N2O2/c1-3-17-6-9-20(28-17)18-7-4-15(10-14(18)2)19-8-5-16(11-25-19)21(27)26-12-22(23,24)13-26/h4-11H,3,12-13H2,1-2H3. The average Bonchev–Trinajstić information content (AvgIpc) is 3.14. The average molecular weight is 382 g/mol. The molecule has 1 aliphatic rings. The number of pyridine rings is 1. The van der Waals surface area contributed by atoms with Crippen LogP contribution >= 0.6 is 0 Å². The quantitative estimate of drug-likeness (QED) is 0.640. The van der Waals surface area contributed by atoms with E-state index in [2.05, 4.69) is 4.98 Å². The van der Waals surface area contributed by atoms with Crippen molar-refractivity contribution >= 4 is 5.91 Å². The van der Waals surface area contributed by atoms with Gasteiger partial charge >= 0.3 is 0 Å². The molecule has 0 N–H and O–H groups in total. The molecule has 1 amide bonds. The molecule has 1 saturated heterocycles. The lowest BCUT2D eigenvalue weighted by Crippen LogP contribution is -2.58. The van der Waals surface area contributed by atoms with Gasteiger partial charge in [-0.25, -0.2) is 8.78 Å². The van der Waals surface area contributed by atoms with Crippen molar-refractivity contribution in [2.24, 2.45) is 0 Å². The van der Waals surface area contributed by atoms with Crippen LogP contribution in [0.1, 0.15) is 28.6 Å². The van der Waals surface area contributed by atoms with Crippen molar-refractivity contribution in [2.45, 2.75) is 26.2 Å². The second-order valence-corrected chi connectivity index (χ2v) is 7.10. The van der Waals surface area contributed by atoms with Crippen molar-refractivity contribution in [3.63, 3.8) is 0 Å². The summed E-state index contributed by atoms with van der Waals surface area (Å²) in [6.07, 6.45) is 2.29. The number of likely N-dealkylation sites (tertiary alicyclic amines) is 1. The smallest absolute Gasteiger partial charge is 0.282 e. The molecule has 1 aliphatic heterocycles. The van der Waals surface area contributed by atoms with E-state index in [-0.39, 0.29) is 0 Å². The number of amides is 1. The van der Waals surface area contributed by atoms with Gasteiger partial charge in [-0.05, 0) is 42.8 Å². The predicted molar refractivity (Wildman–Crippen MR) is 102 cm³/mol. The number of aromatic nitrogens is 1. The van der Waals surface area contributed by atoms with Gasteiger partial charge in [0.1, 0.15) is 11.5 Å². The SMILES string of the molecule is CCc1ccc(-c2ccc(-c3ccc(C(=O)N4CC(F)(F)C4)cn3)cc2C)o1. The lowest BCUT2D eigenvalue weighted by Gasteiger charge is -2.38. The van der Waals surface area contributed by atoms with E-state index in [1.54, 1.807) is 12.1 Å². The highest BCUT2D eigenvalue weighted by molar-refractivity contribution is 5.94. The second kappa shape index (κ2) is 6.86. The van der Waals surface area contributed by atoms with Crippen molar-refractivity contribution < 1.29 is 18.0 Å². The molecule has 3 aromatic rings. The molecule has 4 nitrogen and oxygen atoms in total. The van der Waals surface area contributed by atoms with Crippen molar-refractivity contribution in [2.75, 3.05) is 13.1 Å². The fourth-order valence-corrected chi connectivity index (χ4v) is 3.34. The summed E-state index contributed by atoms with van der Waals surface area (Å²) in [6, 6.07) is 13.3. The summed E-state index contributed by atoms with van der Waals surface area (Å²) < 4.78 is 31.7. The summed E-state index contributed by atoms with van der Waals surface area (Å²) in [4.78, 5) is 17.7. The van der Waals surface area contributed by atoms with Crippen LogP contribution in [0.15, 0.2) is 53.1 Å². The summed E-state index contributed by atoms with van der Waals surface area (Å²) in [5, 5.41) is 0. The number of halogens is 2. The first-order chi connectivity index (χ1) is 13.4. The molecule has 1 fully saturated rings. The summed E-state index contributed by atoms with van der Waals surface area (Å²) >= 11 is 0. The fraction of sp³-hybridized carbons (Fsp3) is 0.273. The maximum absolute atomic E-state index is 12.9. The van der Waals surface area contributed by atoms with E-state index >= 15 is 0 Å². The Bertz CT molecular complexity index is 1020. The summed E-state index contributed by atoms with van der Waals surface area (Å²) in [5.41, 5.74) is 4.02. The molecule has 0 unspecified atom stereocenters. The van der Waals surface area contributed by atoms with Gasteiger partial charge in [-0.2, -0.15) is 0 Å². The van der Waals surface area contributed by atoms with E-state index in [1.807, 2.05) is 44.2 Å². The highest BCUT2D eigenvalue weighted by atomic mass is 19.3. The highest BCUT2D eigenvalue weighted by Gasteiger charge is 2.46. The Kier molecular flexibility index (Phi) is 4.49. The Morgan fingerprint density at radius 2 is 1.96 bits per heavy atom. The van der Waals surface area contributed by atoms with Gasteiger partial charge in [0, 0.05) is 23.7 Å². The first-order valence-corrected chi connectivity index (χ1v) is 9.19. The van der Waals surface area contributed by atoms with E-state index in [0.717, 1.165) is 39.5 Å². The van der Waals surface area contributed by atoms with Crippen LogP contribution < -0.4 is 0 Å². The molecule has 0 atom stereocenters. The molecule has 0 bridgehead atoms. The van der Waals surface area contributed by atoms with Gasteiger partial charge in [0.15, 0.2) is 0 Å². The second-order valence-electron chi connectivity index (χ2n) is 7.10. The van der Waals surface area contributed by atoms with E-state index in [9.17, 15) is 13.6 Å². The number of aryl methyl sites for hydroxylation is 2. The van der Waals surface area contributed by atoms with Gasteiger partial charge in [0.05, 0.1) is 24.3 Å². The number of furan rings is 1. The number of hydrogen-bond donors (Lipinski definition) is 0. The number of carbonyl (C=O) groups is 1. The molecule has 28 heavy (non-hydrogen) atoms. The minimum absolute atomic E-state index is 0.315. The Morgan fingerprint density at radius 3 is 2.54 bits per heavy atom. The van der Waals surface area contributed by atoms with Crippen LogP contribution in [0.4, 0.5) is 8.78 Å². The number of hydrogen-bond acceptors (Lipinski definition) is 3. The molecule has 144 valence electrons. The lowest BCUT2D eigenvalue weighted by atomic mass is 10.0. The Morgan fingerprint density at radius 1 is 1.18 bits per heavy atom. The highest BCUT2D eigenvalue weighted by Crippen LogP contribution is 2.30. The Balaban J connectivity index is 1.53. The van der Waals surface area contributed by atoms with Crippen LogP contribution in [0.2, 0.25) is 0 Å². The van der Waals surface area contributed by atoms with Crippen molar-refractivity contribution in [1.29, 1.82) is 0 Å². The molecule has 0 spiro atoms. The van der Waals surface area contributed by atoms with Gasteiger partial charge < -0.3 is 9.32 Å². The first kappa shape index (κ1) is 18.3. The third-order valence-corrected chi connectivity index (χ3v) is 4.94. The van der Waals surface area contributed by atoms with Gasteiger partial charge in [-0.1, -0.05) is 19.1 Å². The minimum atomic E-state index is -2.77. The van der Waals surface area contributed by atoms with Crippen LogP contribution in [-0.4, -0.2) is 34.8 Å². The maximum Gasteiger partial charge on any atom is 0.282 e. The van der Waals surface area contributed by atoms with Crippen molar-refractivity contribution in [3.8, 4) is 22.6 Å². The van der Waals surface area contributed by atoms with E-state index in [4.69, 9.17) is 4.42 Å². The minimum Gasteiger partial charge on any atom is -0.461 e. The van der Waals surface area contributed by atoms with Crippen LogP contribution in [0, 0.1) is 6.92 Å². The van der Waals surface area contributed by atoms with E-state index in [0.29, 0.717) is 11.3 Å². The van der Waals surface area contributed by atoms with Gasteiger partial charge in [0.2, 0.25) is 0 Å². The van der Waals surface area contributed by atoms with E-state index in [1.165, 1.54) is 6.20 Å². The summed E-state index contributed by atoms with van der Waals surface area (Å²) in [7, 11) is 0. The predicted octanol–water partition coefficient (Wildman–Crippen LogP) is 4.97. The third-order valence-electron chi connectivity index (χ3n) is 4.94. The number of nitrogens with zero attached hydrogens (tertiary/aromatic N) is 2. The summed E-state index contributed by atoms with van der Waals surface area (Å²) in [5.74, 6) is -1.41.